The average Bonchev–Trinajstić information content (AvgIpc) is 2.25. The molecule has 0 aliphatic heterocycles. The van der Waals surface area contributed by atoms with Gasteiger partial charge in [-0.05, 0) is 19.8 Å². The van der Waals surface area contributed by atoms with Crippen LogP contribution in [0.25, 0.3) is 0 Å². The van der Waals surface area contributed by atoms with Gasteiger partial charge in [0.15, 0.2) is 11.0 Å². The summed E-state index contributed by atoms with van der Waals surface area (Å²) in [6.07, 6.45) is 0. The molecular formula is C12H18ClN5. The van der Waals surface area contributed by atoms with Crippen LogP contribution in [0.1, 0.15) is 33.3 Å². The van der Waals surface area contributed by atoms with Crippen LogP contribution in [0.3, 0.4) is 0 Å². The Morgan fingerprint density at radius 1 is 1.28 bits per heavy atom. The lowest BCUT2D eigenvalue weighted by molar-refractivity contribution is 0.684. The van der Waals surface area contributed by atoms with Crippen molar-refractivity contribution in [2.45, 2.75) is 33.7 Å². The van der Waals surface area contributed by atoms with Gasteiger partial charge in [0.05, 0.1) is 0 Å². The van der Waals surface area contributed by atoms with E-state index in [1.54, 1.807) is 0 Å². The summed E-state index contributed by atoms with van der Waals surface area (Å²) in [6, 6.07) is 2.18. The highest BCUT2D eigenvalue weighted by molar-refractivity contribution is 6.31. The fraction of sp³-hybridized carbons (Fsp3) is 0.583. The summed E-state index contributed by atoms with van der Waals surface area (Å²) in [5.74, 6) is 1.39. The molecule has 1 heterocycles. The van der Waals surface area contributed by atoms with Gasteiger partial charge in [0.2, 0.25) is 5.95 Å². The molecule has 1 aromatic heterocycles. The molecule has 2 N–H and O–H groups in total. The Hall–Kier alpha value is -1.54. The van der Waals surface area contributed by atoms with Crippen LogP contribution < -0.4 is 10.6 Å². The molecule has 0 fully saturated rings. The minimum absolute atomic E-state index is 0.168. The molecule has 98 valence electrons. The lowest BCUT2D eigenvalue weighted by atomic mass is 10.2. The summed E-state index contributed by atoms with van der Waals surface area (Å²) in [5, 5.41) is 15.4. The topological polar surface area (TPSA) is 73.6 Å². The number of hydrogen-bond donors (Lipinski definition) is 2. The number of aromatic nitrogens is 2. The second kappa shape index (κ2) is 6.41. The molecule has 1 rings (SSSR count). The predicted molar refractivity (Wildman–Crippen MR) is 73.8 cm³/mol. The third-order valence-electron chi connectivity index (χ3n) is 2.07. The first-order valence-electron chi connectivity index (χ1n) is 5.92. The Labute approximate surface area is 113 Å². The number of anilines is 2. The van der Waals surface area contributed by atoms with Crippen molar-refractivity contribution in [1.82, 2.24) is 9.97 Å². The predicted octanol–water partition coefficient (Wildman–Crippen LogP) is 2.89. The van der Waals surface area contributed by atoms with Gasteiger partial charge in [0.1, 0.15) is 11.6 Å². The van der Waals surface area contributed by atoms with E-state index in [1.807, 2.05) is 19.9 Å². The maximum Gasteiger partial charge on any atom is 0.226 e. The highest BCUT2D eigenvalue weighted by atomic mass is 35.5. The fourth-order valence-electron chi connectivity index (χ4n) is 1.28. The minimum atomic E-state index is 0.168. The van der Waals surface area contributed by atoms with Crippen molar-refractivity contribution in [1.29, 1.82) is 5.26 Å². The third-order valence-corrected chi connectivity index (χ3v) is 2.34. The Kier molecular flexibility index (Phi) is 5.17. The molecule has 0 atom stereocenters. The Morgan fingerprint density at radius 2 is 1.94 bits per heavy atom. The van der Waals surface area contributed by atoms with Crippen LogP contribution >= 0.6 is 11.6 Å². The lowest BCUT2D eigenvalue weighted by Gasteiger charge is -2.13. The Morgan fingerprint density at radius 3 is 2.44 bits per heavy atom. The van der Waals surface area contributed by atoms with Crippen LogP contribution in [0.4, 0.5) is 11.8 Å². The maximum absolute atomic E-state index is 9.05. The normalized spacial score (nSPS) is 10.6. The molecule has 0 spiro atoms. The molecule has 0 saturated carbocycles. The molecule has 0 unspecified atom stereocenters. The molecule has 0 radical (unpaired) electrons. The Balaban J connectivity index is 3.02. The van der Waals surface area contributed by atoms with Gasteiger partial charge in [-0.15, -0.1) is 0 Å². The Bertz CT molecular complexity index is 451. The third kappa shape index (κ3) is 4.04. The monoisotopic (exact) mass is 267 g/mol. The second-order valence-corrected chi connectivity index (χ2v) is 5.11. The highest BCUT2D eigenvalue weighted by Crippen LogP contribution is 2.22. The summed E-state index contributed by atoms with van der Waals surface area (Å²) in [5.41, 5.74) is 0.278. The van der Waals surface area contributed by atoms with Crippen LogP contribution in [0.2, 0.25) is 5.15 Å². The van der Waals surface area contributed by atoms with Crippen LogP contribution in [0, 0.1) is 17.2 Å². The first-order chi connectivity index (χ1) is 8.43. The lowest BCUT2D eigenvalue weighted by Crippen LogP contribution is -2.16. The highest BCUT2D eigenvalue weighted by Gasteiger charge is 2.13. The zero-order valence-corrected chi connectivity index (χ0v) is 11.8. The summed E-state index contributed by atoms with van der Waals surface area (Å²) in [7, 11) is 0. The zero-order valence-electron chi connectivity index (χ0n) is 11.1. The first kappa shape index (κ1) is 14.5. The molecule has 0 amide bonds. The molecule has 5 nitrogen and oxygen atoms in total. The molecular weight excluding hydrogens is 250 g/mol. The van der Waals surface area contributed by atoms with Gasteiger partial charge in [0.25, 0.3) is 0 Å². The number of nitriles is 1. The molecule has 0 saturated heterocycles. The number of nitrogens with one attached hydrogen (secondary N) is 2. The van der Waals surface area contributed by atoms with Crippen LogP contribution in [0.5, 0.6) is 0 Å². The standard InChI is InChI=1S/C12H18ClN5/c1-7(2)6-15-12-17-10(13)9(5-14)11(18-12)16-8(3)4/h7-8H,6H2,1-4H3,(H2,15,16,17,18). The summed E-state index contributed by atoms with van der Waals surface area (Å²) in [6.45, 7) is 8.87. The van der Waals surface area contributed by atoms with Gasteiger partial charge in [-0.3, -0.25) is 0 Å². The summed E-state index contributed by atoms with van der Waals surface area (Å²) < 4.78 is 0. The smallest absolute Gasteiger partial charge is 0.226 e. The zero-order chi connectivity index (χ0) is 13.7. The minimum Gasteiger partial charge on any atom is -0.367 e. The van der Waals surface area contributed by atoms with Gasteiger partial charge < -0.3 is 10.6 Å². The van der Waals surface area contributed by atoms with Crippen LogP contribution in [0.15, 0.2) is 0 Å². The van der Waals surface area contributed by atoms with E-state index in [1.165, 1.54) is 0 Å². The van der Waals surface area contributed by atoms with E-state index in [0.717, 1.165) is 6.54 Å². The number of nitrogens with zero attached hydrogens (tertiary/aromatic N) is 3. The molecule has 0 aliphatic rings. The summed E-state index contributed by atoms with van der Waals surface area (Å²) in [4.78, 5) is 8.34. The van der Waals surface area contributed by atoms with Gasteiger partial charge in [-0.2, -0.15) is 15.2 Å². The second-order valence-electron chi connectivity index (χ2n) is 4.75. The largest absolute Gasteiger partial charge is 0.367 e. The van der Waals surface area contributed by atoms with Crippen molar-refractivity contribution in [2.24, 2.45) is 5.92 Å². The van der Waals surface area contributed by atoms with Crippen molar-refractivity contribution in [2.75, 3.05) is 17.2 Å². The number of halogens is 1. The number of rotatable bonds is 5. The molecule has 1 aromatic rings. The van der Waals surface area contributed by atoms with E-state index in [0.29, 0.717) is 17.7 Å². The SMILES string of the molecule is CC(C)CNc1nc(Cl)c(C#N)c(NC(C)C)n1. The fourth-order valence-corrected chi connectivity index (χ4v) is 1.50. The molecule has 18 heavy (non-hydrogen) atoms. The van der Waals surface area contributed by atoms with E-state index in [4.69, 9.17) is 16.9 Å². The van der Waals surface area contributed by atoms with E-state index < -0.39 is 0 Å². The summed E-state index contributed by atoms with van der Waals surface area (Å²) >= 11 is 5.98. The van der Waals surface area contributed by atoms with Crippen molar-refractivity contribution < 1.29 is 0 Å². The van der Waals surface area contributed by atoms with Crippen molar-refractivity contribution in [3.05, 3.63) is 10.7 Å². The average molecular weight is 268 g/mol. The van der Waals surface area contributed by atoms with Crippen molar-refractivity contribution in [3.8, 4) is 6.07 Å². The maximum atomic E-state index is 9.05. The van der Waals surface area contributed by atoms with E-state index in [2.05, 4.69) is 34.4 Å². The quantitative estimate of drug-likeness (QED) is 0.803. The van der Waals surface area contributed by atoms with Gasteiger partial charge in [0, 0.05) is 12.6 Å². The van der Waals surface area contributed by atoms with Crippen LogP contribution in [-0.4, -0.2) is 22.6 Å². The number of hydrogen-bond acceptors (Lipinski definition) is 5. The van der Waals surface area contributed by atoms with E-state index in [-0.39, 0.29) is 16.8 Å². The van der Waals surface area contributed by atoms with E-state index in [9.17, 15) is 0 Å². The molecule has 0 aromatic carbocycles. The van der Waals surface area contributed by atoms with E-state index >= 15 is 0 Å². The van der Waals surface area contributed by atoms with Gasteiger partial charge in [-0.25, -0.2) is 0 Å². The molecule has 0 bridgehead atoms. The molecule has 0 aliphatic carbocycles. The van der Waals surface area contributed by atoms with Gasteiger partial charge >= 0.3 is 0 Å². The molecule has 6 heteroatoms. The van der Waals surface area contributed by atoms with Crippen molar-refractivity contribution in [3.63, 3.8) is 0 Å². The van der Waals surface area contributed by atoms with Crippen LogP contribution in [-0.2, 0) is 0 Å². The first-order valence-corrected chi connectivity index (χ1v) is 6.29. The van der Waals surface area contributed by atoms with Gasteiger partial charge in [-0.1, -0.05) is 25.4 Å². The van der Waals surface area contributed by atoms with Crippen molar-refractivity contribution >= 4 is 23.4 Å².